The number of aryl methyl sites for hydroxylation is 1. The minimum absolute atomic E-state index is 0.00454. The highest BCUT2D eigenvalue weighted by Crippen LogP contribution is 2.31. The van der Waals surface area contributed by atoms with Crippen LogP contribution in [-0.4, -0.2) is 59.5 Å². The van der Waals surface area contributed by atoms with E-state index in [-0.39, 0.29) is 32.1 Å². The van der Waals surface area contributed by atoms with Gasteiger partial charge in [-0.05, 0) is 18.2 Å². The normalized spacial score (nSPS) is 16.5. The van der Waals surface area contributed by atoms with Crippen molar-refractivity contribution in [1.29, 1.82) is 0 Å². The number of piperazine rings is 1. The number of carbonyl (C=O) groups is 1. The average Bonchev–Trinajstić information content (AvgIpc) is 3.07. The monoisotopic (exact) mass is 402 g/mol. The highest BCUT2D eigenvalue weighted by molar-refractivity contribution is 7.89. The second-order valence-corrected chi connectivity index (χ2v) is 8.06. The van der Waals surface area contributed by atoms with Gasteiger partial charge in [-0.2, -0.15) is 22.6 Å². The highest BCUT2D eigenvalue weighted by Gasteiger charge is 2.34. The summed E-state index contributed by atoms with van der Waals surface area (Å²) in [5.74, 6) is -0.265. The van der Waals surface area contributed by atoms with E-state index in [9.17, 15) is 26.4 Å². The zero-order valence-corrected chi connectivity index (χ0v) is 15.2. The molecule has 1 amide bonds. The molecule has 1 fully saturated rings. The van der Waals surface area contributed by atoms with Gasteiger partial charge in [-0.1, -0.05) is 6.07 Å². The van der Waals surface area contributed by atoms with Crippen LogP contribution in [0.3, 0.4) is 0 Å². The summed E-state index contributed by atoms with van der Waals surface area (Å²) >= 11 is 0. The number of hydrogen-bond acceptors (Lipinski definition) is 4. The molecule has 1 aromatic carbocycles. The average molecular weight is 402 g/mol. The molecule has 7 nitrogen and oxygen atoms in total. The lowest BCUT2D eigenvalue weighted by Gasteiger charge is -2.33. The van der Waals surface area contributed by atoms with Gasteiger partial charge in [0.2, 0.25) is 10.0 Å². The maximum atomic E-state index is 12.8. The largest absolute Gasteiger partial charge is 0.416 e. The summed E-state index contributed by atoms with van der Waals surface area (Å²) in [5, 5.41) is 3.93. The van der Waals surface area contributed by atoms with Gasteiger partial charge in [0.15, 0.2) is 0 Å². The number of hydrogen-bond donors (Lipinski definition) is 0. The zero-order chi connectivity index (χ0) is 19.8. The van der Waals surface area contributed by atoms with Crippen molar-refractivity contribution in [3.8, 4) is 0 Å². The zero-order valence-electron chi connectivity index (χ0n) is 14.3. The van der Waals surface area contributed by atoms with E-state index < -0.39 is 26.7 Å². The van der Waals surface area contributed by atoms with Crippen molar-refractivity contribution >= 4 is 15.9 Å². The number of aromatic nitrogens is 2. The summed E-state index contributed by atoms with van der Waals surface area (Å²) in [6, 6.07) is 3.65. The van der Waals surface area contributed by atoms with Crippen LogP contribution in [0.5, 0.6) is 0 Å². The predicted molar refractivity (Wildman–Crippen MR) is 89.3 cm³/mol. The first kappa shape index (κ1) is 19.4. The van der Waals surface area contributed by atoms with Crippen molar-refractivity contribution in [3.63, 3.8) is 0 Å². The second-order valence-electron chi connectivity index (χ2n) is 6.12. The molecule has 1 aromatic heterocycles. The maximum absolute atomic E-state index is 12.8. The summed E-state index contributed by atoms with van der Waals surface area (Å²) in [5.41, 5.74) is -0.624. The van der Waals surface area contributed by atoms with Gasteiger partial charge in [-0.15, -0.1) is 0 Å². The number of rotatable bonds is 3. The minimum atomic E-state index is -4.62. The van der Waals surface area contributed by atoms with Crippen LogP contribution in [0.2, 0.25) is 0 Å². The third kappa shape index (κ3) is 3.98. The van der Waals surface area contributed by atoms with Crippen LogP contribution < -0.4 is 0 Å². The Kier molecular flexibility index (Phi) is 5.00. The number of alkyl halides is 3. The quantitative estimate of drug-likeness (QED) is 0.781. The Labute approximate surface area is 154 Å². The number of halogens is 3. The van der Waals surface area contributed by atoms with Gasteiger partial charge in [0.25, 0.3) is 5.91 Å². The molecular formula is C16H17F3N4O3S. The third-order valence-corrected chi connectivity index (χ3v) is 6.17. The molecule has 27 heavy (non-hydrogen) atoms. The molecule has 0 bridgehead atoms. The van der Waals surface area contributed by atoms with Crippen LogP contribution in [0.1, 0.15) is 15.9 Å². The topological polar surface area (TPSA) is 75.5 Å². The van der Waals surface area contributed by atoms with Crippen molar-refractivity contribution in [2.45, 2.75) is 11.1 Å². The SMILES string of the molecule is Cn1cc(C(=O)N2CCN(S(=O)(=O)c3cccc(C(F)(F)F)c3)CC2)cn1. The Hall–Kier alpha value is -2.40. The van der Waals surface area contributed by atoms with E-state index in [1.165, 1.54) is 15.8 Å². The number of sulfonamides is 1. The maximum Gasteiger partial charge on any atom is 0.416 e. The molecule has 1 saturated heterocycles. The van der Waals surface area contributed by atoms with Crippen LogP contribution in [0, 0.1) is 0 Å². The molecule has 2 aromatic rings. The lowest BCUT2D eigenvalue weighted by molar-refractivity contribution is -0.137. The molecule has 0 radical (unpaired) electrons. The Balaban J connectivity index is 1.72. The standard InChI is InChI=1S/C16H17F3N4O3S/c1-21-11-12(10-20-21)15(24)22-5-7-23(8-6-22)27(25,26)14-4-2-3-13(9-14)16(17,18)19/h2-4,9-11H,5-8H2,1H3. The van der Waals surface area contributed by atoms with Crippen LogP contribution >= 0.6 is 0 Å². The molecule has 11 heteroatoms. The van der Waals surface area contributed by atoms with Gasteiger partial charge in [0.05, 0.1) is 22.2 Å². The minimum Gasteiger partial charge on any atom is -0.336 e. The van der Waals surface area contributed by atoms with E-state index in [0.717, 1.165) is 22.5 Å². The van der Waals surface area contributed by atoms with Crippen LogP contribution in [0.4, 0.5) is 13.2 Å². The van der Waals surface area contributed by atoms with Crippen molar-refractivity contribution in [2.24, 2.45) is 7.05 Å². The van der Waals surface area contributed by atoms with Gasteiger partial charge >= 0.3 is 6.18 Å². The van der Waals surface area contributed by atoms with Gasteiger partial charge in [0, 0.05) is 39.4 Å². The Morgan fingerprint density at radius 1 is 1.15 bits per heavy atom. The lowest BCUT2D eigenvalue weighted by atomic mass is 10.2. The number of amides is 1. The van der Waals surface area contributed by atoms with Crippen molar-refractivity contribution < 1.29 is 26.4 Å². The van der Waals surface area contributed by atoms with Crippen LogP contribution in [0.25, 0.3) is 0 Å². The van der Waals surface area contributed by atoms with Crippen LogP contribution in [-0.2, 0) is 23.2 Å². The number of carbonyl (C=O) groups excluding carboxylic acids is 1. The predicted octanol–water partition coefficient (Wildman–Crippen LogP) is 1.59. The molecule has 2 heterocycles. The summed E-state index contributed by atoms with van der Waals surface area (Å²) in [6.45, 7) is 0.299. The summed E-state index contributed by atoms with van der Waals surface area (Å²) in [4.78, 5) is 13.5. The molecular weight excluding hydrogens is 385 g/mol. The van der Waals surface area contributed by atoms with E-state index in [1.807, 2.05) is 0 Å². The summed E-state index contributed by atoms with van der Waals surface area (Å²) < 4.78 is 66.4. The molecule has 0 spiro atoms. The molecule has 0 N–H and O–H groups in total. The molecule has 0 atom stereocenters. The summed E-state index contributed by atoms with van der Waals surface area (Å²) in [6.07, 6.45) is -1.64. The van der Waals surface area contributed by atoms with Crippen molar-refractivity contribution in [1.82, 2.24) is 19.0 Å². The Morgan fingerprint density at radius 3 is 2.37 bits per heavy atom. The Bertz CT molecular complexity index is 948. The first-order chi connectivity index (χ1) is 12.6. The van der Waals surface area contributed by atoms with E-state index in [0.29, 0.717) is 11.6 Å². The second kappa shape index (κ2) is 6.97. The molecule has 0 aliphatic carbocycles. The molecule has 0 saturated carbocycles. The van der Waals surface area contributed by atoms with Gasteiger partial charge in [0.1, 0.15) is 0 Å². The third-order valence-electron chi connectivity index (χ3n) is 4.28. The number of nitrogens with zero attached hydrogens (tertiary/aromatic N) is 4. The Morgan fingerprint density at radius 2 is 1.81 bits per heavy atom. The molecule has 1 aliphatic heterocycles. The fourth-order valence-electron chi connectivity index (χ4n) is 2.83. The highest BCUT2D eigenvalue weighted by atomic mass is 32.2. The van der Waals surface area contributed by atoms with Gasteiger partial charge in [-0.3, -0.25) is 9.48 Å². The van der Waals surface area contributed by atoms with Gasteiger partial charge < -0.3 is 4.90 Å². The van der Waals surface area contributed by atoms with E-state index in [2.05, 4.69) is 5.10 Å². The molecule has 146 valence electrons. The fourth-order valence-corrected chi connectivity index (χ4v) is 4.30. The lowest BCUT2D eigenvalue weighted by Crippen LogP contribution is -2.50. The first-order valence-corrected chi connectivity index (χ1v) is 9.48. The molecule has 3 rings (SSSR count). The van der Waals surface area contributed by atoms with Crippen molar-refractivity contribution in [2.75, 3.05) is 26.2 Å². The van der Waals surface area contributed by atoms with Crippen LogP contribution in [0.15, 0.2) is 41.6 Å². The fraction of sp³-hybridized carbons (Fsp3) is 0.375. The first-order valence-electron chi connectivity index (χ1n) is 8.04. The molecule has 0 unspecified atom stereocenters. The van der Waals surface area contributed by atoms with E-state index in [1.54, 1.807) is 13.2 Å². The number of benzene rings is 1. The summed E-state index contributed by atoms with van der Waals surface area (Å²) in [7, 11) is -2.40. The van der Waals surface area contributed by atoms with Crippen molar-refractivity contribution in [3.05, 3.63) is 47.8 Å². The smallest absolute Gasteiger partial charge is 0.336 e. The van der Waals surface area contributed by atoms with E-state index in [4.69, 9.17) is 0 Å². The van der Waals surface area contributed by atoms with Gasteiger partial charge in [-0.25, -0.2) is 8.42 Å². The van der Waals surface area contributed by atoms with E-state index >= 15 is 0 Å². The molecule has 1 aliphatic rings.